The van der Waals surface area contributed by atoms with E-state index in [0.29, 0.717) is 10.7 Å². The molecule has 1 amide bonds. The van der Waals surface area contributed by atoms with Crippen molar-refractivity contribution in [1.29, 1.82) is 0 Å². The van der Waals surface area contributed by atoms with Gasteiger partial charge in [0, 0.05) is 10.4 Å². The van der Waals surface area contributed by atoms with Gasteiger partial charge in [0.2, 0.25) is 10.9 Å². The third-order valence-electron chi connectivity index (χ3n) is 4.49. The van der Waals surface area contributed by atoms with Gasteiger partial charge in [0.05, 0.1) is 17.9 Å². The van der Waals surface area contributed by atoms with Gasteiger partial charge >= 0.3 is 0 Å². The Balaban J connectivity index is 1.87. The standard InChI is InChI=1S/C20H16BrN3O4S/c1-10(2)18-22-23-20(29-18)24-15(11-5-3-6-12(21)9-11)14(17(26)19(24)27)16(25)13-7-4-8-28-13/h3-10,15,26H,1-2H3. The van der Waals surface area contributed by atoms with Crippen molar-refractivity contribution in [1.82, 2.24) is 10.2 Å². The largest absolute Gasteiger partial charge is 0.503 e. The molecule has 3 heterocycles. The zero-order valence-electron chi connectivity index (χ0n) is 15.5. The molecular formula is C20H16BrN3O4S. The van der Waals surface area contributed by atoms with Gasteiger partial charge in [-0.1, -0.05) is 53.2 Å². The molecule has 1 atom stereocenters. The highest BCUT2D eigenvalue weighted by atomic mass is 79.9. The number of furan rings is 1. The monoisotopic (exact) mass is 473 g/mol. The summed E-state index contributed by atoms with van der Waals surface area (Å²) in [5.41, 5.74) is 0.595. The molecule has 148 valence electrons. The number of carbonyl (C=O) groups excluding carboxylic acids is 2. The highest BCUT2D eigenvalue weighted by molar-refractivity contribution is 9.10. The highest BCUT2D eigenvalue weighted by Crippen LogP contribution is 2.43. The number of aliphatic hydroxyl groups excluding tert-OH is 1. The van der Waals surface area contributed by atoms with Crippen molar-refractivity contribution in [2.24, 2.45) is 0 Å². The van der Waals surface area contributed by atoms with E-state index in [9.17, 15) is 14.7 Å². The Hall–Kier alpha value is -2.78. The van der Waals surface area contributed by atoms with Gasteiger partial charge in [-0.2, -0.15) is 0 Å². The van der Waals surface area contributed by atoms with E-state index < -0.39 is 23.5 Å². The quantitative estimate of drug-likeness (QED) is 0.534. The minimum absolute atomic E-state index is 0.0429. The van der Waals surface area contributed by atoms with Gasteiger partial charge in [-0.05, 0) is 29.8 Å². The van der Waals surface area contributed by atoms with Gasteiger partial charge in [-0.15, -0.1) is 10.2 Å². The van der Waals surface area contributed by atoms with E-state index in [1.807, 2.05) is 19.9 Å². The fourth-order valence-electron chi connectivity index (χ4n) is 3.12. The minimum Gasteiger partial charge on any atom is -0.503 e. The number of anilines is 1. The normalized spacial score (nSPS) is 16.9. The Kier molecular flexibility index (Phi) is 5.10. The van der Waals surface area contributed by atoms with E-state index in [1.54, 1.807) is 24.3 Å². The summed E-state index contributed by atoms with van der Waals surface area (Å²) in [6.45, 7) is 3.95. The van der Waals surface area contributed by atoms with Crippen LogP contribution in [-0.2, 0) is 4.79 Å². The lowest BCUT2D eigenvalue weighted by Gasteiger charge is -2.24. The Morgan fingerprint density at radius 3 is 2.69 bits per heavy atom. The summed E-state index contributed by atoms with van der Waals surface area (Å²) in [5.74, 6) is -1.69. The molecule has 4 rings (SSSR count). The zero-order chi connectivity index (χ0) is 20.7. The van der Waals surface area contributed by atoms with Crippen molar-refractivity contribution in [3.63, 3.8) is 0 Å². The van der Waals surface area contributed by atoms with Crippen LogP contribution in [0.15, 0.2) is 62.9 Å². The summed E-state index contributed by atoms with van der Waals surface area (Å²) in [7, 11) is 0. The van der Waals surface area contributed by atoms with Gasteiger partial charge < -0.3 is 9.52 Å². The van der Waals surface area contributed by atoms with Gasteiger partial charge in [0.25, 0.3) is 5.91 Å². The lowest BCUT2D eigenvalue weighted by Crippen LogP contribution is -2.31. The number of benzene rings is 1. The smallest absolute Gasteiger partial charge is 0.296 e. The number of amides is 1. The maximum atomic E-state index is 13.1. The molecule has 0 bridgehead atoms. The number of hydrogen-bond acceptors (Lipinski definition) is 7. The summed E-state index contributed by atoms with van der Waals surface area (Å²) in [6.07, 6.45) is 1.37. The van der Waals surface area contributed by atoms with Gasteiger partial charge in [-0.25, -0.2) is 0 Å². The number of halogens is 1. The van der Waals surface area contributed by atoms with Gasteiger partial charge in [0.1, 0.15) is 5.01 Å². The average Bonchev–Trinajstić information content (AvgIpc) is 3.42. The third-order valence-corrected chi connectivity index (χ3v) is 6.21. The Morgan fingerprint density at radius 2 is 2.07 bits per heavy atom. The average molecular weight is 474 g/mol. The first-order valence-electron chi connectivity index (χ1n) is 8.82. The number of ketones is 1. The molecule has 3 aromatic rings. The molecule has 1 aromatic carbocycles. The van der Waals surface area contributed by atoms with Crippen molar-refractivity contribution >= 4 is 44.1 Å². The van der Waals surface area contributed by atoms with Crippen LogP contribution in [0.25, 0.3) is 0 Å². The van der Waals surface area contributed by atoms with Crippen molar-refractivity contribution in [2.75, 3.05) is 4.90 Å². The summed E-state index contributed by atoms with van der Waals surface area (Å²) >= 11 is 4.68. The van der Waals surface area contributed by atoms with Crippen LogP contribution in [-0.4, -0.2) is 27.0 Å². The van der Waals surface area contributed by atoms with E-state index in [4.69, 9.17) is 4.42 Å². The van der Waals surface area contributed by atoms with Crippen molar-refractivity contribution < 1.29 is 19.1 Å². The van der Waals surface area contributed by atoms with E-state index in [2.05, 4.69) is 26.1 Å². The molecule has 0 saturated heterocycles. The van der Waals surface area contributed by atoms with E-state index in [1.165, 1.54) is 28.6 Å². The molecule has 9 heteroatoms. The first-order chi connectivity index (χ1) is 13.9. The molecule has 7 nitrogen and oxygen atoms in total. The predicted octanol–water partition coefficient (Wildman–Crippen LogP) is 4.80. The molecule has 29 heavy (non-hydrogen) atoms. The minimum atomic E-state index is -0.856. The summed E-state index contributed by atoms with van der Waals surface area (Å²) in [6, 6.07) is 9.43. The maximum Gasteiger partial charge on any atom is 0.296 e. The molecular weight excluding hydrogens is 458 g/mol. The molecule has 0 aliphatic carbocycles. The fraction of sp³-hybridized carbons (Fsp3) is 0.200. The molecule has 1 unspecified atom stereocenters. The first-order valence-corrected chi connectivity index (χ1v) is 10.4. The van der Waals surface area contributed by atoms with Crippen LogP contribution in [0.1, 0.15) is 46.9 Å². The van der Waals surface area contributed by atoms with Crippen molar-refractivity contribution in [2.45, 2.75) is 25.8 Å². The topological polar surface area (TPSA) is 96.5 Å². The lowest BCUT2D eigenvalue weighted by atomic mass is 9.95. The van der Waals surface area contributed by atoms with Crippen LogP contribution in [0.3, 0.4) is 0 Å². The van der Waals surface area contributed by atoms with Gasteiger partial charge in [0.15, 0.2) is 11.5 Å². The van der Waals surface area contributed by atoms with E-state index in [-0.39, 0.29) is 17.3 Å². The SMILES string of the molecule is CC(C)c1nnc(N2C(=O)C(O)=C(C(=O)c3ccco3)C2c2cccc(Br)c2)s1. The molecule has 1 N–H and O–H groups in total. The van der Waals surface area contributed by atoms with Gasteiger partial charge in [-0.3, -0.25) is 14.5 Å². The van der Waals surface area contributed by atoms with Crippen LogP contribution in [0.2, 0.25) is 0 Å². The summed E-state index contributed by atoms with van der Waals surface area (Å²) in [4.78, 5) is 27.4. The highest BCUT2D eigenvalue weighted by Gasteiger charge is 2.46. The number of aromatic nitrogens is 2. The fourth-order valence-corrected chi connectivity index (χ4v) is 4.41. The Morgan fingerprint density at radius 1 is 1.28 bits per heavy atom. The number of Topliss-reactive ketones (excluding diaryl/α,β-unsaturated/α-hetero) is 1. The van der Waals surface area contributed by atoms with E-state index in [0.717, 1.165) is 9.48 Å². The van der Waals surface area contributed by atoms with Crippen LogP contribution < -0.4 is 4.90 Å². The number of nitrogens with zero attached hydrogens (tertiary/aromatic N) is 3. The Bertz CT molecular complexity index is 1120. The Labute approximate surface area is 178 Å². The second-order valence-electron chi connectivity index (χ2n) is 6.78. The van der Waals surface area contributed by atoms with Crippen LogP contribution in [0.5, 0.6) is 0 Å². The molecule has 2 aromatic heterocycles. The molecule has 0 fully saturated rings. The number of carbonyl (C=O) groups is 2. The van der Waals surface area contributed by atoms with Crippen molar-refractivity contribution in [3.05, 3.63) is 74.8 Å². The summed E-state index contributed by atoms with van der Waals surface area (Å²) in [5, 5.41) is 20.0. The molecule has 0 spiro atoms. The molecule has 0 radical (unpaired) electrons. The first kappa shape index (κ1) is 19.5. The number of rotatable bonds is 5. The van der Waals surface area contributed by atoms with E-state index >= 15 is 0 Å². The second-order valence-corrected chi connectivity index (χ2v) is 8.68. The maximum absolute atomic E-state index is 13.1. The second kappa shape index (κ2) is 7.57. The number of aliphatic hydroxyl groups is 1. The zero-order valence-corrected chi connectivity index (χ0v) is 17.9. The third kappa shape index (κ3) is 3.40. The molecule has 0 saturated carbocycles. The molecule has 1 aliphatic heterocycles. The van der Waals surface area contributed by atoms with Crippen LogP contribution >= 0.6 is 27.3 Å². The number of hydrogen-bond donors (Lipinski definition) is 1. The van der Waals surface area contributed by atoms with Crippen LogP contribution in [0.4, 0.5) is 5.13 Å². The lowest BCUT2D eigenvalue weighted by molar-refractivity contribution is -0.117. The van der Waals surface area contributed by atoms with Crippen LogP contribution in [0, 0.1) is 0 Å². The molecule has 1 aliphatic rings. The predicted molar refractivity (Wildman–Crippen MR) is 111 cm³/mol. The summed E-state index contributed by atoms with van der Waals surface area (Å²) < 4.78 is 5.99. The van der Waals surface area contributed by atoms with Crippen molar-refractivity contribution in [3.8, 4) is 0 Å².